The average molecular weight is 215 g/mol. The lowest BCUT2D eigenvalue weighted by molar-refractivity contribution is 1.29. The molecule has 0 saturated carbocycles. The third-order valence-corrected chi connectivity index (χ3v) is 3.58. The van der Waals surface area contributed by atoms with Crippen molar-refractivity contribution in [2.75, 3.05) is 0 Å². The second kappa shape index (κ2) is 3.04. The first-order chi connectivity index (χ1) is 8.33. The van der Waals surface area contributed by atoms with E-state index in [-0.39, 0.29) is 0 Å². The molecule has 1 nitrogen and oxygen atoms in total. The van der Waals surface area contributed by atoms with E-state index in [0.717, 1.165) is 11.9 Å². The molecule has 4 rings (SSSR count). The first kappa shape index (κ1) is 9.11. The summed E-state index contributed by atoms with van der Waals surface area (Å²) in [4.78, 5) is 3.50. The zero-order chi connectivity index (χ0) is 11.4. The molecule has 0 amide bonds. The minimum Gasteiger partial charge on any atom is -0.354 e. The Hall–Kier alpha value is -1.96. The topological polar surface area (TPSA) is 15.8 Å². The molecule has 0 fully saturated rings. The number of hydrogen-bond acceptors (Lipinski definition) is 0. The Bertz CT molecular complexity index is 740. The minimum absolute atomic E-state index is 0.829. The predicted octanol–water partition coefficient (Wildman–Crippen LogP) is 2.53. The summed E-state index contributed by atoms with van der Waals surface area (Å²) in [5.41, 5.74) is 7.39. The Morgan fingerprint density at radius 3 is 2.88 bits per heavy atom. The van der Waals surface area contributed by atoms with Crippen molar-refractivity contribution in [3.63, 3.8) is 0 Å². The first-order valence-corrected chi connectivity index (χ1v) is 5.81. The summed E-state index contributed by atoms with van der Waals surface area (Å²) < 4.78 is 0. The monoisotopic (exact) mass is 215 g/mol. The molecule has 0 bridgehead atoms. The summed E-state index contributed by atoms with van der Waals surface area (Å²) in [5.74, 6) is 0. The van der Waals surface area contributed by atoms with E-state index < -0.39 is 0 Å². The van der Waals surface area contributed by atoms with Gasteiger partial charge in [-0.15, -0.1) is 0 Å². The van der Waals surface area contributed by atoms with Gasteiger partial charge in [-0.25, -0.2) is 0 Å². The molecule has 3 aromatic rings. The van der Waals surface area contributed by atoms with Crippen molar-refractivity contribution in [3.05, 3.63) is 53.6 Å². The van der Waals surface area contributed by atoms with Crippen molar-refractivity contribution in [3.8, 4) is 11.3 Å². The maximum absolute atomic E-state index is 5.87. The molecule has 2 heteroatoms. The molecular weight excluding hydrogens is 205 g/mol. The van der Waals surface area contributed by atoms with Crippen molar-refractivity contribution >= 4 is 24.2 Å². The number of aromatic amines is 1. The number of fused-ring (bicyclic) bond motifs is 5. The van der Waals surface area contributed by atoms with Crippen LogP contribution in [0.5, 0.6) is 0 Å². The molecule has 0 atom stereocenters. The van der Waals surface area contributed by atoms with Crippen molar-refractivity contribution in [1.82, 2.24) is 4.98 Å². The van der Waals surface area contributed by atoms with Gasteiger partial charge in [-0.05, 0) is 17.2 Å². The molecule has 1 heterocycles. The SMILES string of the molecule is [B]c1ccc2[nH]c3c(c2c1)Cc1ccccc1-3. The van der Waals surface area contributed by atoms with Crippen LogP contribution in [-0.4, -0.2) is 12.8 Å². The van der Waals surface area contributed by atoms with Crippen LogP contribution in [-0.2, 0) is 6.42 Å². The molecule has 78 valence electrons. The van der Waals surface area contributed by atoms with E-state index in [1.807, 2.05) is 6.07 Å². The largest absolute Gasteiger partial charge is 0.354 e. The minimum atomic E-state index is 0.829. The Labute approximate surface area is 101 Å². The molecule has 1 aliphatic rings. The van der Waals surface area contributed by atoms with Gasteiger partial charge >= 0.3 is 0 Å². The van der Waals surface area contributed by atoms with Crippen LogP contribution in [0.25, 0.3) is 22.2 Å². The van der Waals surface area contributed by atoms with E-state index >= 15 is 0 Å². The van der Waals surface area contributed by atoms with Gasteiger partial charge in [0.1, 0.15) is 7.85 Å². The predicted molar refractivity (Wildman–Crippen MR) is 71.9 cm³/mol. The highest BCUT2D eigenvalue weighted by atomic mass is 14.7. The van der Waals surface area contributed by atoms with Crippen molar-refractivity contribution in [1.29, 1.82) is 0 Å². The maximum Gasteiger partial charge on any atom is 0.113 e. The molecule has 0 unspecified atom stereocenters. The lowest BCUT2D eigenvalue weighted by Gasteiger charge is -1.99. The molecule has 2 radical (unpaired) electrons. The average Bonchev–Trinajstić information content (AvgIpc) is 2.85. The van der Waals surface area contributed by atoms with Gasteiger partial charge in [-0.2, -0.15) is 0 Å². The van der Waals surface area contributed by atoms with Gasteiger partial charge in [0.2, 0.25) is 0 Å². The lowest BCUT2D eigenvalue weighted by Crippen LogP contribution is -1.99. The smallest absolute Gasteiger partial charge is 0.113 e. The van der Waals surface area contributed by atoms with E-state index in [1.165, 1.54) is 33.3 Å². The summed E-state index contributed by atoms with van der Waals surface area (Å²) in [5, 5.41) is 1.26. The summed E-state index contributed by atoms with van der Waals surface area (Å²) in [6, 6.07) is 14.6. The summed E-state index contributed by atoms with van der Waals surface area (Å²) in [6.45, 7) is 0. The van der Waals surface area contributed by atoms with Crippen LogP contribution in [0.2, 0.25) is 0 Å². The fourth-order valence-electron chi connectivity index (χ4n) is 2.79. The Kier molecular flexibility index (Phi) is 1.63. The van der Waals surface area contributed by atoms with Gasteiger partial charge in [0, 0.05) is 22.9 Å². The zero-order valence-electron chi connectivity index (χ0n) is 9.33. The van der Waals surface area contributed by atoms with Crippen LogP contribution >= 0.6 is 0 Å². The van der Waals surface area contributed by atoms with Crippen molar-refractivity contribution < 1.29 is 0 Å². The van der Waals surface area contributed by atoms with Crippen molar-refractivity contribution in [2.24, 2.45) is 0 Å². The van der Waals surface area contributed by atoms with E-state index in [0.29, 0.717) is 0 Å². The molecule has 17 heavy (non-hydrogen) atoms. The summed E-state index contributed by atoms with van der Waals surface area (Å²) in [7, 11) is 5.87. The van der Waals surface area contributed by atoms with Crippen LogP contribution in [0.4, 0.5) is 0 Å². The summed E-state index contributed by atoms with van der Waals surface area (Å²) in [6.07, 6.45) is 1.01. The van der Waals surface area contributed by atoms with E-state index in [4.69, 9.17) is 7.85 Å². The Morgan fingerprint density at radius 2 is 1.94 bits per heavy atom. The normalized spacial score (nSPS) is 12.7. The van der Waals surface area contributed by atoms with Crippen LogP contribution in [0.15, 0.2) is 42.5 Å². The molecule has 2 aromatic carbocycles. The number of rotatable bonds is 0. The van der Waals surface area contributed by atoms with Crippen LogP contribution in [0.3, 0.4) is 0 Å². The Morgan fingerprint density at radius 1 is 1.06 bits per heavy atom. The van der Waals surface area contributed by atoms with E-state index in [1.54, 1.807) is 0 Å². The number of benzene rings is 2. The zero-order valence-corrected chi connectivity index (χ0v) is 9.33. The van der Waals surface area contributed by atoms with Crippen LogP contribution in [0, 0.1) is 0 Å². The molecule has 1 aliphatic carbocycles. The number of hydrogen-bond donors (Lipinski definition) is 1. The van der Waals surface area contributed by atoms with Gasteiger partial charge < -0.3 is 4.98 Å². The molecule has 0 saturated heterocycles. The fourth-order valence-corrected chi connectivity index (χ4v) is 2.79. The molecular formula is C15H10BN. The van der Waals surface area contributed by atoms with Gasteiger partial charge in [-0.3, -0.25) is 0 Å². The summed E-state index contributed by atoms with van der Waals surface area (Å²) >= 11 is 0. The highest BCUT2D eigenvalue weighted by Crippen LogP contribution is 2.39. The van der Waals surface area contributed by atoms with Gasteiger partial charge in [-0.1, -0.05) is 41.9 Å². The van der Waals surface area contributed by atoms with E-state index in [2.05, 4.69) is 41.4 Å². The van der Waals surface area contributed by atoms with Gasteiger partial charge in [0.15, 0.2) is 0 Å². The highest BCUT2D eigenvalue weighted by molar-refractivity contribution is 6.33. The highest BCUT2D eigenvalue weighted by Gasteiger charge is 2.22. The standard InChI is InChI=1S/C15H10BN/c16-10-5-6-14-12(8-10)13-7-9-3-1-2-4-11(9)15(13)17-14/h1-6,8,17H,7H2. The second-order valence-electron chi connectivity index (χ2n) is 4.62. The van der Waals surface area contributed by atoms with Gasteiger partial charge in [0.25, 0.3) is 0 Å². The first-order valence-electron chi connectivity index (χ1n) is 5.81. The molecule has 0 aliphatic heterocycles. The second-order valence-corrected chi connectivity index (χ2v) is 4.62. The van der Waals surface area contributed by atoms with Crippen LogP contribution in [0.1, 0.15) is 11.1 Å². The van der Waals surface area contributed by atoms with E-state index in [9.17, 15) is 0 Å². The Balaban J connectivity index is 2.09. The third-order valence-electron chi connectivity index (χ3n) is 3.58. The van der Waals surface area contributed by atoms with Crippen LogP contribution < -0.4 is 5.46 Å². The third kappa shape index (κ3) is 1.15. The van der Waals surface area contributed by atoms with Gasteiger partial charge in [0.05, 0.1) is 5.69 Å². The fraction of sp³-hybridized carbons (Fsp3) is 0.0667. The maximum atomic E-state index is 5.87. The molecule has 0 spiro atoms. The molecule has 1 aromatic heterocycles. The number of nitrogens with one attached hydrogen (secondary N) is 1. The molecule has 1 N–H and O–H groups in total. The number of aromatic nitrogens is 1. The number of H-pyrrole nitrogens is 1. The quantitative estimate of drug-likeness (QED) is 0.434. The van der Waals surface area contributed by atoms with Crippen molar-refractivity contribution in [2.45, 2.75) is 6.42 Å². The lowest BCUT2D eigenvalue weighted by atomic mass is 9.94.